The number of carbonyl (C=O) groups excluding carboxylic acids is 2. The first-order valence-corrected chi connectivity index (χ1v) is 11.0. The molecule has 3 rings (SSSR count). The van der Waals surface area contributed by atoms with Crippen LogP contribution in [0.15, 0.2) is 47.5 Å². The zero-order valence-corrected chi connectivity index (χ0v) is 18.6. The number of nitro groups is 1. The third-order valence-electron chi connectivity index (χ3n) is 4.51. The van der Waals surface area contributed by atoms with Crippen molar-refractivity contribution in [1.82, 2.24) is 4.57 Å². The molecule has 0 saturated heterocycles. The molecule has 0 N–H and O–H groups in total. The van der Waals surface area contributed by atoms with E-state index in [0.717, 1.165) is 24.2 Å². The van der Waals surface area contributed by atoms with Crippen molar-refractivity contribution in [2.45, 2.75) is 33.2 Å². The lowest BCUT2D eigenvalue weighted by Gasteiger charge is -2.06. The zero-order chi connectivity index (χ0) is 23.1. The highest BCUT2D eigenvalue weighted by atomic mass is 32.1. The molecule has 0 fully saturated rings. The first kappa shape index (κ1) is 23.1. The summed E-state index contributed by atoms with van der Waals surface area (Å²) in [5, 5.41) is 11.2. The number of benzene rings is 2. The average Bonchev–Trinajstić information content (AvgIpc) is 3.10. The number of unbranched alkanes of at least 4 members (excludes halogenated alkanes) is 1. The number of aromatic nitrogens is 1. The van der Waals surface area contributed by atoms with Crippen molar-refractivity contribution in [3.8, 4) is 5.75 Å². The second kappa shape index (κ2) is 10.7. The van der Waals surface area contributed by atoms with E-state index in [0.29, 0.717) is 28.1 Å². The molecule has 0 aliphatic carbocycles. The molecule has 0 atom stereocenters. The van der Waals surface area contributed by atoms with Gasteiger partial charge in [0.05, 0.1) is 28.4 Å². The number of hydrogen-bond acceptors (Lipinski definition) is 7. The van der Waals surface area contributed by atoms with Gasteiger partial charge < -0.3 is 14.0 Å². The highest BCUT2D eigenvalue weighted by Crippen LogP contribution is 2.23. The standard InChI is InChI=1S/C22H23N3O6S/c1-3-5-11-31-17-8-6-7-15(12-17)21(27)23-22-24(14-20(26)30-4-2)18-13-16(25(28)29)9-10-19(18)32-22/h6-10,12-13H,3-5,11,14H2,1-2H3. The van der Waals surface area contributed by atoms with Crippen molar-refractivity contribution in [2.75, 3.05) is 13.2 Å². The first-order chi connectivity index (χ1) is 15.4. The van der Waals surface area contributed by atoms with Crippen molar-refractivity contribution in [1.29, 1.82) is 0 Å². The fraction of sp³-hybridized carbons (Fsp3) is 0.318. The Labute approximate surface area is 188 Å². The van der Waals surface area contributed by atoms with Gasteiger partial charge in [-0.05, 0) is 37.6 Å². The molecule has 0 aliphatic heterocycles. The van der Waals surface area contributed by atoms with Gasteiger partial charge in [-0.3, -0.25) is 19.7 Å². The molecule has 9 nitrogen and oxygen atoms in total. The van der Waals surface area contributed by atoms with Gasteiger partial charge in [0.2, 0.25) is 0 Å². The second-order valence-electron chi connectivity index (χ2n) is 6.83. The summed E-state index contributed by atoms with van der Waals surface area (Å²) >= 11 is 1.16. The van der Waals surface area contributed by atoms with Gasteiger partial charge in [-0.1, -0.05) is 30.7 Å². The summed E-state index contributed by atoms with van der Waals surface area (Å²) in [5.74, 6) is -0.464. The molecule has 10 heteroatoms. The number of fused-ring (bicyclic) bond motifs is 1. The van der Waals surface area contributed by atoms with Crippen LogP contribution in [0, 0.1) is 10.1 Å². The van der Waals surface area contributed by atoms with Crippen molar-refractivity contribution >= 4 is 39.1 Å². The van der Waals surface area contributed by atoms with E-state index in [1.165, 1.54) is 16.7 Å². The number of thiazole rings is 1. The Kier molecular flexibility index (Phi) is 7.72. The number of nitro benzene ring substituents is 1. The summed E-state index contributed by atoms with van der Waals surface area (Å²) in [7, 11) is 0. The third kappa shape index (κ3) is 5.58. The molecular formula is C22H23N3O6S. The highest BCUT2D eigenvalue weighted by Gasteiger charge is 2.16. The van der Waals surface area contributed by atoms with Crippen LogP contribution in [0.2, 0.25) is 0 Å². The van der Waals surface area contributed by atoms with Crippen LogP contribution >= 0.6 is 11.3 Å². The van der Waals surface area contributed by atoms with Crippen molar-refractivity contribution < 1.29 is 24.0 Å². The lowest BCUT2D eigenvalue weighted by Crippen LogP contribution is -2.23. The van der Waals surface area contributed by atoms with Crippen molar-refractivity contribution in [3.05, 3.63) is 62.9 Å². The minimum absolute atomic E-state index is 0.122. The van der Waals surface area contributed by atoms with Crippen LogP contribution in [0.3, 0.4) is 0 Å². The third-order valence-corrected chi connectivity index (χ3v) is 5.57. The van der Waals surface area contributed by atoms with E-state index in [1.807, 2.05) is 0 Å². The van der Waals surface area contributed by atoms with E-state index in [-0.39, 0.29) is 23.6 Å². The van der Waals surface area contributed by atoms with E-state index < -0.39 is 16.8 Å². The monoisotopic (exact) mass is 457 g/mol. The molecule has 0 saturated carbocycles. The number of nitrogens with zero attached hydrogens (tertiary/aromatic N) is 3. The average molecular weight is 458 g/mol. The van der Waals surface area contributed by atoms with Crippen LogP contribution in [0.25, 0.3) is 10.2 Å². The number of rotatable bonds is 9. The Morgan fingerprint density at radius 1 is 1.19 bits per heavy atom. The van der Waals surface area contributed by atoms with Gasteiger partial charge in [0.1, 0.15) is 12.3 Å². The number of amides is 1. The molecule has 0 bridgehead atoms. The predicted molar refractivity (Wildman–Crippen MR) is 120 cm³/mol. The maximum atomic E-state index is 12.9. The molecule has 0 unspecified atom stereocenters. The molecule has 1 aromatic heterocycles. The van der Waals surface area contributed by atoms with Crippen LogP contribution in [0.4, 0.5) is 5.69 Å². The summed E-state index contributed by atoms with van der Waals surface area (Å²) < 4.78 is 12.8. The minimum Gasteiger partial charge on any atom is -0.494 e. The molecule has 1 amide bonds. The number of ether oxygens (including phenoxy) is 2. The summed E-state index contributed by atoms with van der Waals surface area (Å²) in [5.41, 5.74) is 0.647. The largest absolute Gasteiger partial charge is 0.494 e. The molecule has 2 aromatic carbocycles. The van der Waals surface area contributed by atoms with E-state index >= 15 is 0 Å². The zero-order valence-electron chi connectivity index (χ0n) is 17.8. The molecular weight excluding hydrogens is 434 g/mol. The van der Waals surface area contributed by atoms with Gasteiger partial charge in [-0.2, -0.15) is 4.99 Å². The normalized spacial score (nSPS) is 11.5. The van der Waals surface area contributed by atoms with Gasteiger partial charge in [0.25, 0.3) is 11.6 Å². The summed E-state index contributed by atoms with van der Waals surface area (Å²) in [6.07, 6.45) is 1.91. The number of non-ortho nitro benzene ring substituents is 1. The predicted octanol–water partition coefficient (Wildman–Crippen LogP) is 4.09. The maximum absolute atomic E-state index is 12.9. The Morgan fingerprint density at radius 3 is 2.72 bits per heavy atom. The van der Waals surface area contributed by atoms with Gasteiger partial charge in [0, 0.05) is 17.7 Å². The molecule has 0 spiro atoms. The number of esters is 1. The van der Waals surface area contributed by atoms with Gasteiger partial charge in [-0.15, -0.1) is 0 Å². The SMILES string of the molecule is CCCCOc1cccc(C(=O)N=c2sc3ccc([N+](=O)[O-])cc3n2CC(=O)OCC)c1. The van der Waals surface area contributed by atoms with E-state index in [4.69, 9.17) is 9.47 Å². The molecule has 0 radical (unpaired) electrons. The van der Waals surface area contributed by atoms with Gasteiger partial charge in [0.15, 0.2) is 4.80 Å². The molecule has 0 aliphatic rings. The quantitative estimate of drug-likeness (QED) is 0.207. The Hall–Kier alpha value is -3.53. The van der Waals surface area contributed by atoms with Crippen LogP contribution in [-0.4, -0.2) is 34.6 Å². The topological polar surface area (TPSA) is 113 Å². The van der Waals surface area contributed by atoms with Crippen LogP contribution in [0.5, 0.6) is 5.75 Å². The van der Waals surface area contributed by atoms with Gasteiger partial charge >= 0.3 is 5.97 Å². The maximum Gasteiger partial charge on any atom is 0.326 e. The van der Waals surface area contributed by atoms with Crippen LogP contribution in [-0.2, 0) is 16.1 Å². The van der Waals surface area contributed by atoms with E-state index in [2.05, 4.69) is 11.9 Å². The number of carbonyl (C=O) groups is 2. The fourth-order valence-electron chi connectivity index (χ4n) is 2.95. The smallest absolute Gasteiger partial charge is 0.326 e. The number of hydrogen-bond donors (Lipinski definition) is 0. The first-order valence-electron chi connectivity index (χ1n) is 10.2. The van der Waals surface area contributed by atoms with E-state index in [1.54, 1.807) is 37.3 Å². The van der Waals surface area contributed by atoms with Crippen LogP contribution < -0.4 is 9.54 Å². The van der Waals surface area contributed by atoms with E-state index in [9.17, 15) is 19.7 Å². The molecule has 168 valence electrons. The molecule has 32 heavy (non-hydrogen) atoms. The Morgan fingerprint density at radius 2 is 2.00 bits per heavy atom. The fourth-order valence-corrected chi connectivity index (χ4v) is 3.96. The summed E-state index contributed by atoms with van der Waals surface area (Å²) in [4.78, 5) is 40.1. The summed E-state index contributed by atoms with van der Waals surface area (Å²) in [6, 6.07) is 11.0. The second-order valence-corrected chi connectivity index (χ2v) is 7.84. The highest BCUT2D eigenvalue weighted by molar-refractivity contribution is 7.16. The van der Waals surface area contributed by atoms with Crippen LogP contribution in [0.1, 0.15) is 37.0 Å². The molecule has 3 aromatic rings. The Balaban J connectivity index is 2.02. The molecule has 1 heterocycles. The summed E-state index contributed by atoms with van der Waals surface area (Å²) in [6.45, 7) is 4.27. The lowest BCUT2D eigenvalue weighted by atomic mass is 10.2. The Bertz CT molecular complexity index is 1210. The van der Waals surface area contributed by atoms with Crippen molar-refractivity contribution in [2.24, 2.45) is 4.99 Å². The minimum atomic E-state index is -0.529. The lowest BCUT2D eigenvalue weighted by molar-refractivity contribution is -0.384. The van der Waals surface area contributed by atoms with Gasteiger partial charge in [-0.25, -0.2) is 0 Å². The van der Waals surface area contributed by atoms with Crippen molar-refractivity contribution in [3.63, 3.8) is 0 Å².